The summed E-state index contributed by atoms with van der Waals surface area (Å²) in [4.78, 5) is 8.15. The summed E-state index contributed by atoms with van der Waals surface area (Å²) in [5.74, 6) is 2.10. The van der Waals surface area contributed by atoms with Crippen LogP contribution in [-0.2, 0) is 0 Å². The number of nitrogens with one attached hydrogen (secondary N) is 1. The van der Waals surface area contributed by atoms with Crippen molar-refractivity contribution in [1.82, 2.24) is 9.97 Å². The zero-order chi connectivity index (χ0) is 12.5. The zero-order valence-corrected chi connectivity index (χ0v) is 12.1. The van der Waals surface area contributed by atoms with Crippen LogP contribution < -0.4 is 5.32 Å². The van der Waals surface area contributed by atoms with Crippen molar-refractivity contribution in [3.8, 4) is 0 Å². The molecular formula is C12H20ClN3S. The summed E-state index contributed by atoms with van der Waals surface area (Å²) in [6.07, 6.45) is 7.23. The molecule has 1 aromatic rings. The molecule has 1 N–H and O–H groups in total. The summed E-state index contributed by atoms with van der Waals surface area (Å²) in [5, 5.41) is 3.59. The minimum Gasteiger partial charge on any atom is -0.370 e. The second-order valence-electron chi connectivity index (χ2n) is 4.00. The van der Waals surface area contributed by atoms with Gasteiger partial charge in [-0.15, -0.1) is 0 Å². The first-order chi connectivity index (χ1) is 8.22. The van der Waals surface area contributed by atoms with Crippen LogP contribution in [0.1, 0.15) is 31.4 Å². The summed E-state index contributed by atoms with van der Waals surface area (Å²) in [6, 6.07) is 1.92. The van der Waals surface area contributed by atoms with E-state index in [0.717, 1.165) is 18.1 Å². The highest BCUT2D eigenvalue weighted by molar-refractivity contribution is 7.98. The number of unbranched alkanes of at least 4 members (excludes halogenated alkanes) is 3. The Morgan fingerprint density at radius 2 is 2.00 bits per heavy atom. The Kier molecular flexibility index (Phi) is 7.37. The molecule has 3 nitrogen and oxygen atoms in total. The molecule has 0 fully saturated rings. The molecule has 0 amide bonds. The minimum absolute atomic E-state index is 0.312. The van der Waals surface area contributed by atoms with E-state index in [1.165, 1.54) is 31.4 Å². The van der Waals surface area contributed by atoms with E-state index in [2.05, 4.69) is 21.5 Å². The average Bonchev–Trinajstić information content (AvgIpc) is 2.26. The highest BCUT2D eigenvalue weighted by atomic mass is 35.5. The lowest BCUT2D eigenvalue weighted by molar-refractivity contribution is 0.688. The predicted octanol–water partition coefficient (Wildman–Crippen LogP) is 3.77. The van der Waals surface area contributed by atoms with Crippen LogP contribution in [0.15, 0.2) is 6.07 Å². The highest BCUT2D eigenvalue weighted by Crippen LogP contribution is 2.10. The van der Waals surface area contributed by atoms with Crippen LogP contribution in [0.5, 0.6) is 0 Å². The van der Waals surface area contributed by atoms with Gasteiger partial charge in [0.1, 0.15) is 5.82 Å². The lowest BCUT2D eigenvalue weighted by Gasteiger charge is -2.06. The van der Waals surface area contributed by atoms with Crippen LogP contribution in [-0.4, -0.2) is 28.5 Å². The molecule has 1 rings (SSSR count). The summed E-state index contributed by atoms with van der Waals surface area (Å²) in [7, 11) is 0. The maximum absolute atomic E-state index is 5.78. The number of aromatic nitrogens is 2. The molecule has 96 valence electrons. The SMILES string of the molecule is CSCCCCCCNc1cc(C)nc(Cl)n1. The standard InChI is InChI=1S/C12H20ClN3S/c1-10-9-11(16-12(13)15-10)14-7-5-3-4-6-8-17-2/h9H,3-8H2,1-2H3,(H,14,15,16). The van der Waals surface area contributed by atoms with E-state index in [4.69, 9.17) is 11.6 Å². The summed E-state index contributed by atoms with van der Waals surface area (Å²) < 4.78 is 0. The maximum Gasteiger partial charge on any atom is 0.224 e. The van der Waals surface area contributed by atoms with Crippen molar-refractivity contribution in [3.05, 3.63) is 17.0 Å². The van der Waals surface area contributed by atoms with Crippen molar-refractivity contribution in [2.75, 3.05) is 23.9 Å². The van der Waals surface area contributed by atoms with Gasteiger partial charge in [-0.3, -0.25) is 0 Å². The number of rotatable bonds is 8. The number of nitrogens with zero attached hydrogens (tertiary/aromatic N) is 2. The Labute approximate surface area is 113 Å². The van der Waals surface area contributed by atoms with Crippen LogP contribution in [0.3, 0.4) is 0 Å². The number of thioether (sulfide) groups is 1. The van der Waals surface area contributed by atoms with Gasteiger partial charge in [-0.2, -0.15) is 11.8 Å². The molecule has 0 saturated heterocycles. The van der Waals surface area contributed by atoms with Crippen molar-refractivity contribution < 1.29 is 0 Å². The quantitative estimate of drug-likeness (QED) is 0.578. The first-order valence-corrected chi connectivity index (χ1v) is 7.73. The second-order valence-corrected chi connectivity index (χ2v) is 5.32. The predicted molar refractivity (Wildman–Crippen MR) is 77.1 cm³/mol. The van der Waals surface area contributed by atoms with Crippen LogP contribution in [0.2, 0.25) is 5.28 Å². The van der Waals surface area contributed by atoms with Crippen molar-refractivity contribution in [2.24, 2.45) is 0 Å². The van der Waals surface area contributed by atoms with Gasteiger partial charge < -0.3 is 5.32 Å². The Bertz CT molecular complexity index is 313. The first kappa shape index (κ1) is 14.6. The van der Waals surface area contributed by atoms with Crippen LogP contribution >= 0.6 is 23.4 Å². The zero-order valence-electron chi connectivity index (χ0n) is 10.5. The number of aryl methyl sites for hydroxylation is 1. The van der Waals surface area contributed by atoms with E-state index in [1.54, 1.807) is 0 Å². The van der Waals surface area contributed by atoms with Gasteiger partial charge in [-0.25, -0.2) is 9.97 Å². The van der Waals surface area contributed by atoms with Gasteiger partial charge in [0.05, 0.1) is 0 Å². The van der Waals surface area contributed by atoms with Gasteiger partial charge in [0.25, 0.3) is 0 Å². The molecule has 1 aromatic heterocycles. The molecule has 1 heterocycles. The maximum atomic E-state index is 5.78. The fourth-order valence-corrected chi connectivity index (χ4v) is 2.28. The number of anilines is 1. The lowest BCUT2D eigenvalue weighted by Crippen LogP contribution is -2.04. The summed E-state index contributed by atoms with van der Waals surface area (Å²) in [5.41, 5.74) is 0.896. The van der Waals surface area contributed by atoms with E-state index in [1.807, 2.05) is 24.8 Å². The molecule has 17 heavy (non-hydrogen) atoms. The van der Waals surface area contributed by atoms with Gasteiger partial charge in [0.2, 0.25) is 5.28 Å². The van der Waals surface area contributed by atoms with E-state index >= 15 is 0 Å². The second kappa shape index (κ2) is 8.59. The van der Waals surface area contributed by atoms with Crippen LogP contribution in [0.4, 0.5) is 5.82 Å². The van der Waals surface area contributed by atoms with E-state index in [0.29, 0.717) is 5.28 Å². The van der Waals surface area contributed by atoms with E-state index in [-0.39, 0.29) is 0 Å². The van der Waals surface area contributed by atoms with Crippen molar-refractivity contribution in [2.45, 2.75) is 32.6 Å². The molecule has 0 spiro atoms. The topological polar surface area (TPSA) is 37.8 Å². The molecule has 0 bridgehead atoms. The first-order valence-electron chi connectivity index (χ1n) is 5.96. The number of hydrogen-bond donors (Lipinski definition) is 1. The third-order valence-electron chi connectivity index (χ3n) is 2.41. The molecular weight excluding hydrogens is 254 g/mol. The summed E-state index contributed by atoms with van der Waals surface area (Å²) >= 11 is 7.70. The molecule has 0 aliphatic heterocycles. The lowest BCUT2D eigenvalue weighted by atomic mass is 10.2. The molecule has 0 unspecified atom stereocenters. The Balaban J connectivity index is 2.13. The van der Waals surface area contributed by atoms with Gasteiger partial charge in [-0.05, 0) is 43.4 Å². The van der Waals surface area contributed by atoms with Gasteiger partial charge in [0, 0.05) is 18.3 Å². The van der Waals surface area contributed by atoms with Crippen LogP contribution in [0, 0.1) is 6.92 Å². The van der Waals surface area contributed by atoms with Gasteiger partial charge >= 0.3 is 0 Å². The van der Waals surface area contributed by atoms with E-state index < -0.39 is 0 Å². The third-order valence-corrected chi connectivity index (χ3v) is 3.27. The summed E-state index contributed by atoms with van der Waals surface area (Å²) in [6.45, 7) is 2.87. The molecule has 0 aromatic carbocycles. The molecule has 0 atom stereocenters. The van der Waals surface area contributed by atoms with Crippen molar-refractivity contribution >= 4 is 29.2 Å². The largest absolute Gasteiger partial charge is 0.370 e. The van der Waals surface area contributed by atoms with Gasteiger partial charge in [-0.1, -0.05) is 12.8 Å². The van der Waals surface area contributed by atoms with Crippen molar-refractivity contribution in [3.63, 3.8) is 0 Å². The highest BCUT2D eigenvalue weighted by Gasteiger charge is 1.98. The van der Waals surface area contributed by atoms with Crippen LogP contribution in [0.25, 0.3) is 0 Å². The normalized spacial score (nSPS) is 10.5. The number of halogens is 1. The van der Waals surface area contributed by atoms with E-state index in [9.17, 15) is 0 Å². The smallest absolute Gasteiger partial charge is 0.224 e. The molecule has 0 radical (unpaired) electrons. The molecule has 0 aliphatic carbocycles. The Morgan fingerprint density at radius 1 is 1.24 bits per heavy atom. The Morgan fingerprint density at radius 3 is 2.71 bits per heavy atom. The molecule has 0 aliphatic rings. The molecule has 0 saturated carbocycles. The molecule has 5 heteroatoms. The fourth-order valence-electron chi connectivity index (χ4n) is 1.56. The van der Waals surface area contributed by atoms with Gasteiger partial charge in [0.15, 0.2) is 0 Å². The third kappa shape index (κ3) is 6.74. The number of hydrogen-bond acceptors (Lipinski definition) is 4. The fraction of sp³-hybridized carbons (Fsp3) is 0.667. The minimum atomic E-state index is 0.312. The van der Waals surface area contributed by atoms with Crippen molar-refractivity contribution in [1.29, 1.82) is 0 Å². The Hall–Kier alpha value is -0.480. The monoisotopic (exact) mass is 273 g/mol. The average molecular weight is 274 g/mol.